The number of anilines is 1. The van der Waals surface area contributed by atoms with Crippen molar-refractivity contribution in [3.8, 4) is 0 Å². The van der Waals surface area contributed by atoms with E-state index in [-0.39, 0.29) is 11.8 Å². The molecule has 0 aliphatic carbocycles. The maximum Gasteiger partial charge on any atom is 0.313 e. The van der Waals surface area contributed by atoms with Crippen LogP contribution >= 0.6 is 0 Å². The summed E-state index contributed by atoms with van der Waals surface area (Å²) in [5.41, 5.74) is 2.92. The van der Waals surface area contributed by atoms with Crippen LogP contribution in [0.15, 0.2) is 18.2 Å². The fourth-order valence-electron chi connectivity index (χ4n) is 2.53. The van der Waals surface area contributed by atoms with E-state index in [1.54, 1.807) is 7.05 Å². The van der Waals surface area contributed by atoms with Gasteiger partial charge < -0.3 is 10.2 Å². The van der Waals surface area contributed by atoms with Crippen molar-refractivity contribution in [1.29, 1.82) is 0 Å². The Balaban J connectivity index is 3.03. The average molecular weight is 318 g/mol. The molecule has 4 heteroatoms. The van der Waals surface area contributed by atoms with Gasteiger partial charge >= 0.3 is 11.8 Å². The van der Waals surface area contributed by atoms with Gasteiger partial charge in [-0.2, -0.15) is 0 Å². The highest BCUT2D eigenvalue weighted by Gasteiger charge is 2.22. The highest BCUT2D eigenvalue weighted by atomic mass is 16.2. The van der Waals surface area contributed by atoms with Crippen LogP contribution in [0.4, 0.5) is 5.69 Å². The number of hydrogen-bond acceptors (Lipinski definition) is 2. The molecule has 0 fully saturated rings. The van der Waals surface area contributed by atoms with Crippen LogP contribution in [-0.4, -0.2) is 30.3 Å². The van der Waals surface area contributed by atoms with Gasteiger partial charge in [0.25, 0.3) is 0 Å². The zero-order valence-electron chi connectivity index (χ0n) is 15.3. The topological polar surface area (TPSA) is 49.4 Å². The summed E-state index contributed by atoms with van der Waals surface area (Å²) >= 11 is 0. The molecule has 23 heavy (non-hydrogen) atoms. The molecule has 0 spiro atoms. The van der Waals surface area contributed by atoms with Crippen LogP contribution in [0.1, 0.15) is 70.4 Å². The lowest BCUT2D eigenvalue weighted by molar-refractivity contribution is -0.142. The molecule has 1 aromatic carbocycles. The number of likely N-dealkylation sites (N-methyl/N-ethyl adjacent to an activating group) is 1. The number of rotatable bonds is 6. The average Bonchev–Trinajstić information content (AvgIpc) is 2.51. The molecule has 2 amide bonds. The van der Waals surface area contributed by atoms with Crippen LogP contribution in [0.5, 0.6) is 0 Å². The summed E-state index contributed by atoms with van der Waals surface area (Å²) in [4.78, 5) is 26.1. The number of unbranched alkanes of at least 4 members (excludes halogenated alkanes) is 1. The van der Waals surface area contributed by atoms with Crippen LogP contribution in [0, 0.1) is 0 Å². The Hall–Kier alpha value is -1.84. The number of para-hydroxylation sites is 1. The zero-order chi connectivity index (χ0) is 17.6. The Morgan fingerprint density at radius 2 is 1.61 bits per heavy atom. The van der Waals surface area contributed by atoms with Gasteiger partial charge in [-0.25, -0.2) is 0 Å². The van der Waals surface area contributed by atoms with E-state index in [1.165, 1.54) is 4.90 Å². The number of benzene rings is 1. The van der Waals surface area contributed by atoms with Gasteiger partial charge in [-0.15, -0.1) is 0 Å². The minimum absolute atomic E-state index is 0.275. The number of carbonyl (C=O) groups excluding carboxylic acids is 2. The number of nitrogens with zero attached hydrogens (tertiary/aromatic N) is 1. The highest BCUT2D eigenvalue weighted by Crippen LogP contribution is 2.32. The number of nitrogens with one attached hydrogen (secondary N) is 1. The number of carbonyl (C=O) groups is 2. The SMILES string of the molecule is CCCCN(C)C(=O)C(=O)Nc1c(C(C)C)cccc1C(C)C. The molecule has 1 N–H and O–H groups in total. The summed E-state index contributed by atoms with van der Waals surface area (Å²) in [7, 11) is 1.68. The molecule has 0 aromatic heterocycles. The zero-order valence-corrected chi connectivity index (χ0v) is 15.3. The third-order valence-electron chi connectivity index (χ3n) is 4.00. The summed E-state index contributed by atoms with van der Waals surface area (Å²) in [5, 5.41) is 2.87. The van der Waals surface area contributed by atoms with Gasteiger partial charge in [0.15, 0.2) is 0 Å². The van der Waals surface area contributed by atoms with Gasteiger partial charge in [-0.1, -0.05) is 59.2 Å². The Bertz CT molecular complexity index is 524. The van der Waals surface area contributed by atoms with Gasteiger partial charge in [0.05, 0.1) is 0 Å². The molecule has 4 nitrogen and oxygen atoms in total. The Kier molecular flexibility index (Phi) is 7.27. The maximum absolute atomic E-state index is 12.4. The van der Waals surface area contributed by atoms with Crippen LogP contribution in [0.2, 0.25) is 0 Å². The molecule has 0 unspecified atom stereocenters. The van der Waals surface area contributed by atoms with Crippen LogP contribution < -0.4 is 5.32 Å². The Morgan fingerprint density at radius 1 is 1.09 bits per heavy atom. The third kappa shape index (κ3) is 5.08. The quantitative estimate of drug-likeness (QED) is 0.802. The van der Waals surface area contributed by atoms with Gasteiger partial charge in [0.2, 0.25) is 0 Å². The lowest BCUT2D eigenvalue weighted by Gasteiger charge is -2.21. The summed E-state index contributed by atoms with van der Waals surface area (Å²) in [6.07, 6.45) is 1.89. The summed E-state index contributed by atoms with van der Waals surface area (Å²) in [6, 6.07) is 6.03. The van der Waals surface area contributed by atoms with E-state index in [0.29, 0.717) is 6.54 Å². The molecule has 0 atom stereocenters. The van der Waals surface area contributed by atoms with Crippen molar-refractivity contribution >= 4 is 17.5 Å². The first kappa shape index (κ1) is 19.2. The molecule has 0 heterocycles. The van der Waals surface area contributed by atoms with Gasteiger partial charge in [0.1, 0.15) is 0 Å². The molecule has 128 valence electrons. The van der Waals surface area contributed by atoms with Crippen molar-refractivity contribution in [2.45, 2.75) is 59.3 Å². The second-order valence-electron chi connectivity index (χ2n) is 6.66. The first-order valence-electron chi connectivity index (χ1n) is 8.48. The summed E-state index contributed by atoms with van der Waals surface area (Å²) in [6.45, 7) is 11.0. The van der Waals surface area contributed by atoms with Crippen molar-refractivity contribution in [2.24, 2.45) is 0 Å². The Morgan fingerprint density at radius 3 is 2.04 bits per heavy atom. The van der Waals surface area contributed by atoms with Crippen molar-refractivity contribution in [3.05, 3.63) is 29.3 Å². The van der Waals surface area contributed by atoms with Gasteiger partial charge in [0, 0.05) is 19.3 Å². The summed E-state index contributed by atoms with van der Waals surface area (Å²) < 4.78 is 0. The molecule has 0 saturated heterocycles. The molecular formula is C19H30N2O2. The predicted molar refractivity (Wildman–Crippen MR) is 95.8 cm³/mol. The lowest BCUT2D eigenvalue weighted by atomic mass is 9.92. The number of amides is 2. The molecule has 0 saturated carbocycles. The van der Waals surface area contributed by atoms with Gasteiger partial charge in [-0.05, 0) is 29.4 Å². The molecule has 0 aliphatic heterocycles. The molecule has 0 radical (unpaired) electrons. The smallest absolute Gasteiger partial charge is 0.313 e. The fourth-order valence-corrected chi connectivity index (χ4v) is 2.53. The molecule has 0 bridgehead atoms. The van der Waals surface area contributed by atoms with E-state index in [9.17, 15) is 9.59 Å². The van der Waals surface area contributed by atoms with Crippen LogP contribution in [0.25, 0.3) is 0 Å². The largest absolute Gasteiger partial charge is 0.338 e. The first-order chi connectivity index (χ1) is 10.8. The predicted octanol–water partition coefficient (Wildman–Crippen LogP) is 4.13. The van der Waals surface area contributed by atoms with E-state index < -0.39 is 11.8 Å². The minimum atomic E-state index is -0.557. The van der Waals surface area contributed by atoms with E-state index in [4.69, 9.17) is 0 Å². The molecule has 1 aromatic rings. The monoisotopic (exact) mass is 318 g/mol. The third-order valence-corrected chi connectivity index (χ3v) is 4.00. The summed E-state index contributed by atoms with van der Waals surface area (Å²) in [5.74, 6) is -0.487. The second-order valence-corrected chi connectivity index (χ2v) is 6.66. The van der Waals surface area contributed by atoms with Crippen molar-refractivity contribution in [1.82, 2.24) is 4.90 Å². The maximum atomic E-state index is 12.4. The fraction of sp³-hybridized carbons (Fsp3) is 0.579. The van der Waals surface area contributed by atoms with Crippen molar-refractivity contribution in [2.75, 3.05) is 18.9 Å². The molecular weight excluding hydrogens is 288 g/mol. The minimum Gasteiger partial charge on any atom is -0.338 e. The lowest BCUT2D eigenvalue weighted by Crippen LogP contribution is -2.38. The van der Waals surface area contributed by atoms with Crippen molar-refractivity contribution < 1.29 is 9.59 Å². The van der Waals surface area contributed by atoms with Gasteiger partial charge in [-0.3, -0.25) is 9.59 Å². The molecule has 1 rings (SSSR count). The highest BCUT2D eigenvalue weighted by molar-refractivity contribution is 6.39. The van der Waals surface area contributed by atoms with Crippen LogP contribution in [-0.2, 0) is 9.59 Å². The number of hydrogen-bond donors (Lipinski definition) is 1. The van der Waals surface area contributed by atoms with Crippen molar-refractivity contribution in [3.63, 3.8) is 0 Å². The standard InChI is InChI=1S/C19H30N2O2/c1-7-8-12-21(6)19(23)18(22)20-17-15(13(2)3)10-9-11-16(17)14(4)5/h9-11,13-14H,7-8,12H2,1-6H3,(H,20,22). The normalized spacial score (nSPS) is 11.0. The molecule has 0 aliphatic rings. The van der Waals surface area contributed by atoms with E-state index in [1.807, 2.05) is 18.2 Å². The van der Waals surface area contributed by atoms with E-state index in [2.05, 4.69) is 39.9 Å². The van der Waals surface area contributed by atoms with E-state index >= 15 is 0 Å². The Labute approximate surface area is 140 Å². The second kappa shape index (κ2) is 8.70. The first-order valence-corrected chi connectivity index (χ1v) is 8.48. The van der Waals surface area contributed by atoms with Crippen LogP contribution in [0.3, 0.4) is 0 Å². The van der Waals surface area contributed by atoms with E-state index in [0.717, 1.165) is 29.7 Å².